The maximum atomic E-state index is 9.83. The van der Waals surface area contributed by atoms with Crippen LogP contribution in [-0.4, -0.2) is 49.4 Å². The summed E-state index contributed by atoms with van der Waals surface area (Å²) in [5.74, 6) is 1.41. The molecule has 0 aliphatic carbocycles. The second kappa shape index (κ2) is 6.99. The fourth-order valence-electron chi connectivity index (χ4n) is 4.18. The van der Waals surface area contributed by atoms with Gasteiger partial charge in [-0.05, 0) is 44.3 Å². The highest BCUT2D eigenvalue weighted by Gasteiger charge is 2.46. The molecule has 3 rings (SSSR count). The van der Waals surface area contributed by atoms with Crippen LogP contribution in [0.25, 0.3) is 0 Å². The van der Waals surface area contributed by atoms with E-state index in [4.69, 9.17) is 4.74 Å². The third kappa shape index (κ3) is 3.14. The second-order valence-corrected chi connectivity index (χ2v) is 6.70. The van der Waals surface area contributed by atoms with Crippen LogP contribution in [0, 0.1) is 11.3 Å². The van der Waals surface area contributed by atoms with Gasteiger partial charge in [-0.3, -0.25) is 4.90 Å². The lowest BCUT2D eigenvalue weighted by Gasteiger charge is -2.38. The van der Waals surface area contributed by atoms with E-state index >= 15 is 0 Å². The lowest BCUT2D eigenvalue weighted by atomic mass is 9.71. The minimum atomic E-state index is 0.306. The monoisotopic (exact) mass is 304 g/mol. The molecule has 1 unspecified atom stereocenters. The van der Waals surface area contributed by atoms with Crippen molar-refractivity contribution in [3.63, 3.8) is 0 Å². The number of likely N-dealkylation sites (tertiary alicyclic amines) is 1. The third-order valence-corrected chi connectivity index (χ3v) is 5.37. The van der Waals surface area contributed by atoms with Gasteiger partial charge in [0.25, 0.3) is 0 Å². The number of rotatable bonds is 5. The van der Waals surface area contributed by atoms with Crippen molar-refractivity contribution in [3.05, 3.63) is 29.8 Å². The van der Waals surface area contributed by atoms with Gasteiger partial charge in [-0.1, -0.05) is 18.2 Å². The maximum absolute atomic E-state index is 9.83. The molecule has 22 heavy (non-hydrogen) atoms. The first-order chi connectivity index (χ1) is 10.8. The van der Waals surface area contributed by atoms with Crippen molar-refractivity contribution in [2.24, 2.45) is 11.3 Å². The minimum absolute atomic E-state index is 0.306. The average Bonchev–Trinajstić information content (AvgIpc) is 2.87. The van der Waals surface area contributed by atoms with Gasteiger partial charge in [0.15, 0.2) is 0 Å². The first-order valence-electron chi connectivity index (χ1n) is 8.52. The Hall–Kier alpha value is -1.10. The molecule has 0 saturated carbocycles. The molecule has 1 atom stereocenters. The summed E-state index contributed by atoms with van der Waals surface area (Å²) in [5.41, 5.74) is 1.56. The molecule has 0 aromatic heterocycles. The number of ether oxygens (including phenoxy) is 1. The Labute approximate surface area is 133 Å². The molecule has 1 aromatic rings. The van der Waals surface area contributed by atoms with E-state index in [0.29, 0.717) is 24.5 Å². The quantitative estimate of drug-likeness (QED) is 0.872. The van der Waals surface area contributed by atoms with E-state index < -0.39 is 0 Å². The normalized spacial score (nSPS) is 24.7. The number of nitrogens with one attached hydrogen (secondary N) is 1. The number of para-hydroxylation sites is 1. The molecule has 4 nitrogen and oxygen atoms in total. The highest BCUT2D eigenvalue weighted by atomic mass is 16.5. The van der Waals surface area contributed by atoms with Crippen LogP contribution in [-0.2, 0) is 6.54 Å². The molecule has 2 N–H and O–H groups in total. The van der Waals surface area contributed by atoms with Crippen molar-refractivity contribution in [1.29, 1.82) is 0 Å². The smallest absolute Gasteiger partial charge is 0.123 e. The Balaban J connectivity index is 1.71. The molecular weight excluding hydrogens is 276 g/mol. The molecule has 0 radical (unpaired) electrons. The largest absolute Gasteiger partial charge is 0.494 e. The number of hydrogen-bond acceptors (Lipinski definition) is 4. The Morgan fingerprint density at radius 3 is 2.82 bits per heavy atom. The van der Waals surface area contributed by atoms with Crippen molar-refractivity contribution in [2.75, 3.05) is 39.4 Å². The summed E-state index contributed by atoms with van der Waals surface area (Å²) in [6, 6.07) is 8.33. The molecule has 2 heterocycles. The summed E-state index contributed by atoms with van der Waals surface area (Å²) >= 11 is 0. The lowest BCUT2D eigenvalue weighted by Crippen LogP contribution is -2.42. The van der Waals surface area contributed by atoms with E-state index in [-0.39, 0.29) is 0 Å². The van der Waals surface area contributed by atoms with Gasteiger partial charge in [-0.2, -0.15) is 0 Å². The van der Waals surface area contributed by atoms with Crippen molar-refractivity contribution >= 4 is 0 Å². The number of benzene rings is 1. The van der Waals surface area contributed by atoms with Crippen molar-refractivity contribution < 1.29 is 9.84 Å². The average molecular weight is 304 g/mol. The molecule has 2 saturated heterocycles. The Morgan fingerprint density at radius 1 is 1.32 bits per heavy atom. The fourth-order valence-corrected chi connectivity index (χ4v) is 4.18. The van der Waals surface area contributed by atoms with Crippen LogP contribution in [0.15, 0.2) is 24.3 Å². The zero-order valence-electron chi connectivity index (χ0n) is 13.6. The summed E-state index contributed by atoms with van der Waals surface area (Å²) in [4.78, 5) is 2.50. The van der Waals surface area contributed by atoms with Gasteiger partial charge >= 0.3 is 0 Å². The summed E-state index contributed by atoms with van der Waals surface area (Å²) in [6.07, 6.45) is 2.36. The standard InChI is InChI=1S/C18H28N2O2/c1-2-22-17-6-4-3-5-15(17)11-20-12-16(13-21)18(14-20)7-9-19-10-8-18/h3-6,16,19,21H,2,7-14H2,1H3. The Bertz CT molecular complexity index is 486. The molecule has 1 spiro atoms. The van der Waals surface area contributed by atoms with Crippen LogP contribution in [0.1, 0.15) is 25.3 Å². The highest BCUT2D eigenvalue weighted by molar-refractivity contribution is 5.33. The van der Waals surface area contributed by atoms with Crippen molar-refractivity contribution in [1.82, 2.24) is 10.2 Å². The van der Waals surface area contributed by atoms with E-state index in [0.717, 1.165) is 38.5 Å². The van der Waals surface area contributed by atoms with Gasteiger partial charge in [-0.25, -0.2) is 0 Å². The van der Waals surface area contributed by atoms with Gasteiger partial charge < -0.3 is 15.2 Å². The van der Waals surface area contributed by atoms with Gasteiger partial charge in [0.2, 0.25) is 0 Å². The topological polar surface area (TPSA) is 44.7 Å². The lowest BCUT2D eigenvalue weighted by molar-refractivity contribution is 0.0984. The molecule has 2 aliphatic heterocycles. The summed E-state index contributed by atoms with van der Waals surface area (Å²) in [6.45, 7) is 8.22. The van der Waals surface area contributed by atoms with Crippen LogP contribution >= 0.6 is 0 Å². The van der Waals surface area contributed by atoms with Crippen LogP contribution in [0.5, 0.6) is 5.75 Å². The second-order valence-electron chi connectivity index (χ2n) is 6.70. The first-order valence-corrected chi connectivity index (χ1v) is 8.52. The van der Waals surface area contributed by atoms with E-state index in [9.17, 15) is 5.11 Å². The zero-order valence-corrected chi connectivity index (χ0v) is 13.6. The molecular formula is C18H28N2O2. The zero-order chi connectivity index (χ0) is 15.4. The van der Waals surface area contributed by atoms with E-state index in [2.05, 4.69) is 28.4 Å². The van der Waals surface area contributed by atoms with Crippen LogP contribution in [0.3, 0.4) is 0 Å². The minimum Gasteiger partial charge on any atom is -0.494 e. The van der Waals surface area contributed by atoms with Crippen LogP contribution < -0.4 is 10.1 Å². The van der Waals surface area contributed by atoms with E-state index in [1.54, 1.807) is 0 Å². The van der Waals surface area contributed by atoms with E-state index in [1.165, 1.54) is 18.4 Å². The van der Waals surface area contributed by atoms with Crippen molar-refractivity contribution in [2.45, 2.75) is 26.3 Å². The number of nitrogens with zero attached hydrogens (tertiary/aromatic N) is 1. The SMILES string of the molecule is CCOc1ccccc1CN1CC(CO)C2(CCNCC2)C1. The number of piperidine rings is 1. The highest BCUT2D eigenvalue weighted by Crippen LogP contribution is 2.43. The summed E-state index contributed by atoms with van der Waals surface area (Å²) in [7, 11) is 0. The summed E-state index contributed by atoms with van der Waals surface area (Å²) in [5, 5.41) is 13.3. The molecule has 2 fully saturated rings. The van der Waals surface area contributed by atoms with Gasteiger partial charge in [0.05, 0.1) is 6.61 Å². The van der Waals surface area contributed by atoms with Gasteiger partial charge in [0.1, 0.15) is 5.75 Å². The molecule has 4 heteroatoms. The molecule has 122 valence electrons. The first kappa shape index (κ1) is 15.8. The van der Waals surface area contributed by atoms with Crippen LogP contribution in [0.4, 0.5) is 0 Å². The Morgan fingerprint density at radius 2 is 2.09 bits per heavy atom. The van der Waals surface area contributed by atoms with Gasteiger partial charge in [-0.15, -0.1) is 0 Å². The van der Waals surface area contributed by atoms with Crippen LogP contribution in [0.2, 0.25) is 0 Å². The van der Waals surface area contributed by atoms with Crippen molar-refractivity contribution in [3.8, 4) is 5.75 Å². The maximum Gasteiger partial charge on any atom is 0.123 e. The molecule has 1 aromatic carbocycles. The fraction of sp³-hybridized carbons (Fsp3) is 0.667. The predicted octanol–water partition coefficient (Wildman–Crippen LogP) is 1.88. The van der Waals surface area contributed by atoms with E-state index in [1.807, 2.05) is 13.0 Å². The predicted molar refractivity (Wildman–Crippen MR) is 88.0 cm³/mol. The third-order valence-electron chi connectivity index (χ3n) is 5.37. The molecule has 0 bridgehead atoms. The summed E-state index contributed by atoms with van der Waals surface area (Å²) < 4.78 is 5.75. The van der Waals surface area contributed by atoms with Gasteiger partial charge in [0, 0.05) is 37.7 Å². The number of aliphatic hydroxyl groups excluding tert-OH is 1. The molecule has 2 aliphatic rings. The number of aliphatic hydroxyl groups is 1. The Kier molecular flexibility index (Phi) is 5.01. The molecule has 0 amide bonds. The number of hydrogen-bond donors (Lipinski definition) is 2.